The summed E-state index contributed by atoms with van der Waals surface area (Å²) >= 11 is 0. The smallest absolute Gasteiger partial charge is 0.261 e. The van der Waals surface area contributed by atoms with Gasteiger partial charge in [0.05, 0.1) is 24.0 Å². The third kappa shape index (κ3) is 4.21. The summed E-state index contributed by atoms with van der Waals surface area (Å²) in [6.07, 6.45) is 0. The highest BCUT2D eigenvalue weighted by Crippen LogP contribution is 2.37. The summed E-state index contributed by atoms with van der Waals surface area (Å²) in [5.41, 5.74) is 22.8. The topological polar surface area (TPSA) is 238 Å². The van der Waals surface area contributed by atoms with E-state index in [1.54, 1.807) is 0 Å². The zero-order valence-corrected chi connectivity index (χ0v) is 21.2. The maximum Gasteiger partial charge on any atom is 0.261 e. The number of primary amides is 2. The van der Waals surface area contributed by atoms with Gasteiger partial charge < -0.3 is 25.4 Å². The van der Waals surface area contributed by atoms with E-state index in [-0.39, 0.29) is 0 Å². The van der Waals surface area contributed by atoms with Crippen molar-refractivity contribution < 1.29 is 40.3 Å². The van der Waals surface area contributed by atoms with Gasteiger partial charge in [0.25, 0.3) is 21.6 Å². The van der Waals surface area contributed by atoms with Crippen LogP contribution in [0.3, 0.4) is 0 Å². The van der Waals surface area contributed by atoms with Crippen molar-refractivity contribution in [2.75, 3.05) is 14.2 Å². The first-order chi connectivity index (χ1) is 17.2. The minimum absolute atomic E-state index is 0.319. The third-order valence-electron chi connectivity index (χ3n) is 5.66. The Labute approximate surface area is 212 Å². The van der Waals surface area contributed by atoms with Crippen molar-refractivity contribution in [2.45, 2.75) is 19.5 Å². The van der Waals surface area contributed by atoms with Crippen LogP contribution in [0.5, 0.6) is 11.5 Å². The van der Waals surface area contributed by atoms with E-state index in [9.17, 15) is 26.4 Å². The van der Waals surface area contributed by atoms with Crippen molar-refractivity contribution in [3.8, 4) is 11.5 Å². The first-order valence-electron chi connectivity index (χ1n) is 10.2. The molecule has 0 aliphatic rings. The molecule has 0 fully saturated rings. The van der Waals surface area contributed by atoms with Crippen molar-refractivity contribution in [1.82, 2.24) is 0 Å². The monoisotopic (exact) mass is 552 g/mol. The fourth-order valence-corrected chi connectivity index (χ4v) is 6.40. The van der Waals surface area contributed by atoms with Crippen LogP contribution < -0.4 is 32.4 Å². The quantitative estimate of drug-likeness (QED) is 0.248. The first-order valence-corrected chi connectivity index (χ1v) is 13.2. The van der Waals surface area contributed by atoms with Crippen LogP contribution in [0.4, 0.5) is 0 Å². The molecule has 13 nitrogen and oxygen atoms in total. The molecule has 15 heteroatoms. The van der Waals surface area contributed by atoms with Crippen molar-refractivity contribution in [2.24, 2.45) is 22.9 Å². The summed E-state index contributed by atoms with van der Waals surface area (Å²) in [5, 5.41) is 0. The second-order valence-electron chi connectivity index (χ2n) is 7.72. The molecule has 1 heterocycles. The van der Waals surface area contributed by atoms with Gasteiger partial charge in [-0.1, -0.05) is 0 Å². The highest BCUT2D eigenvalue weighted by atomic mass is 32.2. The number of ether oxygens (including phenoxy) is 2. The van der Waals surface area contributed by atoms with Crippen LogP contribution in [0, 0.1) is 0 Å². The van der Waals surface area contributed by atoms with Gasteiger partial charge in [0.1, 0.15) is 23.0 Å². The molecule has 0 saturated heterocycles. The number of methoxy groups -OCH3 is 2. The average molecular weight is 553 g/mol. The van der Waals surface area contributed by atoms with E-state index >= 15 is 0 Å². The lowest BCUT2D eigenvalue weighted by Gasteiger charge is -2.26. The molecular formula is C22H24N4O9S2. The van der Waals surface area contributed by atoms with Crippen LogP contribution in [0.25, 0.3) is 0 Å². The van der Waals surface area contributed by atoms with Crippen molar-refractivity contribution in [3.63, 3.8) is 0 Å². The number of carbonyl (C=O) groups is 2. The fraction of sp³-hybridized carbons (Fsp3) is 0.182. The standard InChI is InChI=1S/C22H24N4O9S2/c1-33-13-3-7-15(8-4-13)36(29,30)21(25,19(23)27)17-11-12-18(35-17)22(26,20(24)28)37(31,32)16-9-5-14(34-2)6-10-16/h3-12H,25-26H2,1-2H3,(H2,23,27)(H2,24,28). The van der Waals surface area contributed by atoms with E-state index in [0.29, 0.717) is 11.5 Å². The molecular weight excluding hydrogens is 528 g/mol. The number of hydrogen-bond donors (Lipinski definition) is 4. The highest BCUT2D eigenvalue weighted by Gasteiger charge is 2.55. The number of rotatable bonds is 10. The molecule has 2 amide bonds. The molecule has 3 rings (SSSR count). The summed E-state index contributed by atoms with van der Waals surface area (Å²) in [6, 6.07) is 11.4. The second kappa shape index (κ2) is 9.51. The van der Waals surface area contributed by atoms with Crippen LogP contribution in [-0.2, 0) is 39.0 Å². The van der Waals surface area contributed by atoms with Gasteiger partial charge in [0, 0.05) is 0 Å². The van der Waals surface area contributed by atoms with E-state index in [2.05, 4.69) is 0 Å². The molecule has 3 aromatic rings. The lowest BCUT2D eigenvalue weighted by Crippen LogP contribution is -2.55. The first kappa shape index (κ1) is 27.7. The molecule has 2 unspecified atom stereocenters. The van der Waals surface area contributed by atoms with Crippen LogP contribution >= 0.6 is 0 Å². The lowest BCUT2D eigenvalue weighted by atomic mass is 10.2. The molecule has 0 spiro atoms. The van der Waals surface area contributed by atoms with Crippen LogP contribution in [0.1, 0.15) is 11.5 Å². The van der Waals surface area contributed by atoms with E-state index in [4.69, 9.17) is 36.8 Å². The number of furan rings is 1. The largest absolute Gasteiger partial charge is 0.497 e. The Bertz CT molecular complexity index is 1430. The van der Waals surface area contributed by atoms with Gasteiger partial charge in [0.15, 0.2) is 0 Å². The predicted molar refractivity (Wildman–Crippen MR) is 129 cm³/mol. The van der Waals surface area contributed by atoms with Crippen molar-refractivity contribution in [1.29, 1.82) is 0 Å². The Hall–Kier alpha value is -3.92. The van der Waals surface area contributed by atoms with Crippen LogP contribution in [-0.4, -0.2) is 42.9 Å². The number of sulfone groups is 2. The minimum atomic E-state index is -4.79. The Morgan fingerprint density at radius 2 is 0.946 bits per heavy atom. The Morgan fingerprint density at radius 3 is 1.19 bits per heavy atom. The number of carbonyl (C=O) groups excluding carboxylic acids is 2. The summed E-state index contributed by atoms with van der Waals surface area (Å²) in [4.78, 5) is 17.9. The van der Waals surface area contributed by atoms with E-state index < -0.39 is 62.5 Å². The van der Waals surface area contributed by atoms with E-state index in [1.807, 2.05) is 0 Å². The molecule has 0 radical (unpaired) electrons. The number of benzene rings is 2. The van der Waals surface area contributed by atoms with Crippen molar-refractivity contribution in [3.05, 3.63) is 72.2 Å². The summed E-state index contributed by atoms with van der Waals surface area (Å²) in [7, 11) is -6.86. The molecule has 198 valence electrons. The summed E-state index contributed by atoms with van der Waals surface area (Å²) in [5.74, 6) is -4.07. The Balaban J connectivity index is 2.18. The SMILES string of the molecule is COc1ccc(S(=O)(=O)C(N)(C(N)=O)c2ccc(C(N)(C(N)=O)S(=O)(=O)c3ccc(OC)cc3)o2)cc1. The third-order valence-corrected chi connectivity index (χ3v) is 9.94. The van der Waals surface area contributed by atoms with Gasteiger partial charge in [-0.3, -0.25) is 21.1 Å². The fourth-order valence-electron chi connectivity index (χ4n) is 3.39. The molecule has 0 saturated carbocycles. The minimum Gasteiger partial charge on any atom is -0.497 e. The summed E-state index contributed by atoms with van der Waals surface area (Å²) in [6.45, 7) is 0. The zero-order chi connectivity index (χ0) is 27.8. The zero-order valence-electron chi connectivity index (χ0n) is 19.6. The van der Waals surface area contributed by atoms with E-state index in [1.165, 1.54) is 38.5 Å². The van der Waals surface area contributed by atoms with Gasteiger partial charge >= 0.3 is 0 Å². The molecule has 2 atom stereocenters. The predicted octanol–water partition coefficient (Wildman–Crippen LogP) is -0.562. The summed E-state index contributed by atoms with van der Waals surface area (Å²) < 4.78 is 68.9. The number of amides is 2. The highest BCUT2D eigenvalue weighted by molar-refractivity contribution is 7.93. The molecule has 0 aliphatic heterocycles. The molecule has 1 aromatic heterocycles. The Morgan fingerprint density at radius 1 is 0.649 bits per heavy atom. The molecule has 37 heavy (non-hydrogen) atoms. The van der Waals surface area contributed by atoms with Gasteiger partial charge in [-0.15, -0.1) is 0 Å². The van der Waals surface area contributed by atoms with Gasteiger partial charge in [0.2, 0.25) is 19.7 Å². The van der Waals surface area contributed by atoms with E-state index in [0.717, 1.165) is 36.4 Å². The lowest BCUT2D eigenvalue weighted by molar-refractivity contribution is -0.121. The Kier molecular flexibility index (Phi) is 7.11. The van der Waals surface area contributed by atoms with Crippen molar-refractivity contribution >= 4 is 31.5 Å². The van der Waals surface area contributed by atoms with Gasteiger partial charge in [-0.2, -0.15) is 0 Å². The normalized spacial score (nSPS) is 15.2. The molecule has 0 aliphatic carbocycles. The van der Waals surface area contributed by atoms with Crippen LogP contribution in [0.15, 0.2) is 74.9 Å². The number of hydrogen-bond acceptors (Lipinski definition) is 11. The molecule has 0 bridgehead atoms. The average Bonchev–Trinajstić information content (AvgIpc) is 3.38. The van der Waals surface area contributed by atoms with Crippen LogP contribution in [0.2, 0.25) is 0 Å². The maximum absolute atomic E-state index is 13.4. The van der Waals surface area contributed by atoms with Gasteiger partial charge in [-0.05, 0) is 60.7 Å². The molecule has 8 N–H and O–H groups in total. The maximum atomic E-state index is 13.4. The molecule has 2 aromatic carbocycles. The number of nitrogens with two attached hydrogens (primary N) is 4. The van der Waals surface area contributed by atoms with Gasteiger partial charge in [-0.25, -0.2) is 16.8 Å². The second-order valence-corrected chi connectivity index (χ2v) is 12.0.